The molecular weight excluding hydrogens is 408 g/mol. The van der Waals surface area contributed by atoms with Gasteiger partial charge < -0.3 is 19.7 Å². The molecule has 32 heavy (non-hydrogen) atoms. The minimum absolute atomic E-state index is 0.0859. The standard InChI is InChI=1S/C25H24N2O5/c1-3-31-22-16-10-9-15-21(22)26-23(28)17-32-25(30)20-14-8-7-13-19(20)24(29)27(2)18-11-5-4-6-12-18/h4-16H,3,17H2,1-2H3,(H,26,28). The Kier molecular flexibility index (Phi) is 7.59. The Morgan fingerprint density at radius 2 is 1.47 bits per heavy atom. The zero-order valence-corrected chi connectivity index (χ0v) is 17.9. The lowest BCUT2D eigenvalue weighted by Gasteiger charge is -2.18. The predicted molar refractivity (Wildman–Crippen MR) is 122 cm³/mol. The summed E-state index contributed by atoms with van der Waals surface area (Å²) in [5.41, 5.74) is 1.44. The van der Waals surface area contributed by atoms with Crippen LogP contribution in [0.2, 0.25) is 0 Å². The predicted octanol–water partition coefficient (Wildman–Crippen LogP) is 4.16. The third kappa shape index (κ3) is 5.51. The van der Waals surface area contributed by atoms with Crippen LogP contribution in [-0.4, -0.2) is 38.0 Å². The van der Waals surface area contributed by atoms with Gasteiger partial charge in [0.05, 0.1) is 23.4 Å². The summed E-state index contributed by atoms with van der Waals surface area (Å²) in [4.78, 5) is 39.4. The molecule has 7 nitrogen and oxygen atoms in total. The molecule has 0 bridgehead atoms. The Morgan fingerprint density at radius 1 is 0.844 bits per heavy atom. The maximum atomic E-state index is 13.0. The second-order valence-corrected chi connectivity index (χ2v) is 6.80. The molecule has 1 N–H and O–H groups in total. The van der Waals surface area contributed by atoms with Gasteiger partial charge in [-0.2, -0.15) is 0 Å². The summed E-state index contributed by atoms with van der Waals surface area (Å²) in [6, 6.07) is 22.4. The number of ether oxygens (including phenoxy) is 2. The van der Waals surface area contributed by atoms with Crippen molar-refractivity contribution in [1.82, 2.24) is 0 Å². The number of anilines is 2. The third-order valence-corrected chi connectivity index (χ3v) is 4.62. The summed E-state index contributed by atoms with van der Waals surface area (Å²) >= 11 is 0. The molecule has 0 unspecified atom stereocenters. The first-order valence-electron chi connectivity index (χ1n) is 10.1. The SMILES string of the molecule is CCOc1ccccc1NC(=O)COC(=O)c1ccccc1C(=O)N(C)c1ccccc1. The molecule has 0 aliphatic rings. The highest BCUT2D eigenvalue weighted by atomic mass is 16.5. The van der Waals surface area contributed by atoms with Crippen LogP contribution in [0.3, 0.4) is 0 Å². The van der Waals surface area contributed by atoms with Gasteiger partial charge in [0.2, 0.25) is 0 Å². The van der Waals surface area contributed by atoms with Crippen LogP contribution in [0.4, 0.5) is 11.4 Å². The van der Waals surface area contributed by atoms with E-state index in [-0.39, 0.29) is 17.0 Å². The lowest BCUT2D eigenvalue weighted by molar-refractivity contribution is -0.119. The number of amides is 2. The molecular formula is C25H24N2O5. The van der Waals surface area contributed by atoms with Crippen molar-refractivity contribution >= 4 is 29.2 Å². The molecule has 164 valence electrons. The molecule has 0 aliphatic carbocycles. The quantitative estimate of drug-likeness (QED) is 0.541. The lowest BCUT2D eigenvalue weighted by Crippen LogP contribution is -2.28. The Morgan fingerprint density at radius 3 is 2.19 bits per heavy atom. The van der Waals surface area contributed by atoms with Crippen LogP contribution in [0.25, 0.3) is 0 Å². The summed E-state index contributed by atoms with van der Waals surface area (Å²) in [6.07, 6.45) is 0. The smallest absolute Gasteiger partial charge is 0.339 e. The van der Waals surface area contributed by atoms with Crippen molar-refractivity contribution in [2.75, 3.05) is 30.5 Å². The van der Waals surface area contributed by atoms with E-state index < -0.39 is 18.5 Å². The molecule has 0 atom stereocenters. The van der Waals surface area contributed by atoms with Gasteiger partial charge in [0.1, 0.15) is 5.75 Å². The molecule has 0 aromatic heterocycles. The Hall–Kier alpha value is -4.13. The number of carbonyl (C=O) groups excluding carboxylic acids is 3. The number of carbonyl (C=O) groups is 3. The third-order valence-electron chi connectivity index (χ3n) is 4.62. The van der Waals surface area contributed by atoms with E-state index in [9.17, 15) is 14.4 Å². The van der Waals surface area contributed by atoms with E-state index in [1.807, 2.05) is 25.1 Å². The monoisotopic (exact) mass is 432 g/mol. The van der Waals surface area contributed by atoms with Gasteiger partial charge in [0.15, 0.2) is 6.61 Å². The molecule has 7 heteroatoms. The summed E-state index contributed by atoms with van der Waals surface area (Å²) in [5.74, 6) is -1.12. The van der Waals surface area contributed by atoms with Gasteiger partial charge in [0.25, 0.3) is 11.8 Å². The van der Waals surface area contributed by atoms with Gasteiger partial charge in [-0.3, -0.25) is 9.59 Å². The number of rotatable bonds is 8. The summed E-state index contributed by atoms with van der Waals surface area (Å²) < 4.78 is 10.6. The van der Waals surface area contributed by atoms with Gasteiger partial charge in [-0.1, -0.05) is 42.5 Å². The fourth-order valence-corrected chi connectivity index (χ4v) is 3.04. The zero-order chi connectivity index (χ0) is 22.9. The minimum Gasteiger partial charge on any atom is -0.492 e. The normalized spacial score (nSPS) is 10.2. The van der Waals surface area contributed by atoms with Gasteiger partial charge in [-0.05, 0) is 43.3 Å². The molecule has 3 rings (SSSR count). The topological polar surface area (TPSA) is 84.9 Å². The number of nitrogens with zero attached hydrogens (tertiary/aromatic N) is 1. The lowest BCUT2D eigenvalue weighted by atomic mass is 10.1. The van der Waals surface area contributed by atoms with Crippen molar-refractivity contribution in [1.29, 1.82) is 0 Å². The first-order chi connectivity index (χ1) is 15.5. The molecule has 3 aromatic carbocycles. The second-order valence-electron chi connectivity index (χ2n) is 6.80. The molecule has 3 aromatic rings. The molecule has 2 amide bonds. The van der Waals surface area contributed by atoms with Crippen LogP contribution < -0.4 is 15.0 Å². The van der Waals surface area contributed by atoms with Crippen molar-refractivity contribution in [3.05, 3.63) is 90.0 Å². The van der Waals surface area contributed by atoms with Gasteiger partial charge in [-0.25, -0.2) is 4.79 Å². The van der Waals surface area contributed by atoms with Crippen molar-refractivity contribution in [2.45, 2.75) is 6.92 Å². The van der Waals surface area contributed by atoms with E-state index in [0.29, 0.717) is 23.7 Å². The van der Waals surface area contributed by atoms with E-state index >= 15 is 0 Å². The maximum absolute atomic E-state index is 13.0. The molecule has 0 fully saturated rings. The van der Waals surface area contributed by atoms with E-state index in [0.717, 1.165) is 0 Å². The highest BCUT2D eigenvalue weighted by Crippen LogP contribution is 2.23. The number of hydrogen-bond donors (Lipinski definition) is 1. The van der Waals surface area contributed by atoms with Crippen LogP contribution in [0.1, 0.15) is 27.6 Å². The number of benzene rings is 3. The van der Waals surface area contributed by atoms with Gasteiger partial charge in [0, 0.05) is 12.7 Å². The van der Waals surface area contributed by atoms with Crippen LogP contribution in [0.5, 0.6) is 5.75 Å². The minimum atomic E-state index is -0.761. The van der Waals surface area contributed by atoms with E-state index in [1.54, 1.807) is 61.6 Å². The molecule has 0 aliphatic heterocycles. The second kappa shape index (κ2) is 10.8. The fourth-order valence-electron chi connectivity index (χ4n) is 3.04. The maximum Gasteiger partial charge on any atom is 0.339 e. The molecule has 0 radical (unpaired) electrons. The average molecular weight is 432 g/mol. The van der Waals surface area contributed by atoms with E-state index in [4.69, 9.17) is 9.47 Å². The van der Waals surface area contributed by atoms with Crippen molar-refractivity contribution in [2.24, 2.45) is 0 Å². The highest BCUT2D eigenvalue weighted by Gasteiger charge is 2.22. The average Bonchev–Trinajstić information content (AvgIpc) is 2.83. The number of nitrogens with one attached hydrogen (secondary N) is 1. The van der Waals surface area contributed by atoms with Gasteiger partial charge >= 0.3 is 5.97 Å². The summed E-state index contributed by atoms with van der Waals surface area (Å²) in [6.45, 7) is 1.79. The number of esters is 1. The summed E-state index contributed by atoms with van der Waals surface area (Å²) in [7, 11) is 1.63. The molecule has 0 heterocycles. The van der Waals surface area contributed by atoms with Crippen LogP contribution in [0, 0.1) is 0 Å². The van der Waals surface area contributed by atoms with Crippen LogP contribution in [0.15, 0.2) is 78.9 Å². The van der Waals surface area contributed by atoms with Crippen molar-refractivity contribution in [3.63, 3.8) is 0 Å². The largest absolute Gasteiger partial charge is 0.492 e. The first-order valence-corrected chi connectivity index (χ1v) is 10.1. The van der Waals surface area contributed by atoms with Crippen LogP contribution >= 0.6 is 0 Å². The Balaban J connectivity index is 1.67. The van der Waals surface area contributed by atoms with E-state index in [2.05, 4.69) is 5.32 Å². The van der Waals surface area contributed by atoms with Crippen molar-refractivity contribution in [3.8, 4) is 5.75 Å². The van der Waals surface area contributed by atoms with E-state index in [1.165, 1.54) is 11.0 Å². The first kappa shape index (κ1) is 22.6. The number of para-hydroxylation sites is 3. The van der Waals surface area contributed by atoms with Crippen LogP contribution in [-0.2, 0) is 9.53 Å². The zero-order valence-electron chi connectivity index (χ0n) is 17.9. The number of hydrogen-bond acceptors (Lipinski definition) is 5. The fraction of sp³-hybridized carbons (Fsp3) is 0.160. The molecule has 0 saturated carbocycles. The summed E-state index contributed by atoms with van der Waals surface area (Å²) in [5, 5.41) is 2.66. The van der Waals surface area contributed by atoms with Gasteiger partial charge in [-0.15, -0.1) is 0 Å². The molecule has 0 spiro atoms. The molecule has 0 saturated heterocycles. The highest BCUT2D eigenvalue weighted by molar-refractivity contribution is 6.12. The van der Waals surface area contributed by atoms with Crippen molar-refractivity contribution < 1.29 is 23.9 Å². The Labute approximate surface area is 186 Å². The Bertz CT molecular complexity index is 1100.